The number of allylic oxidation sites excluding steroid dienone is 2. The van der Waals surface area contributed by atoms with Gasteiger partial charge in [-0.25, -0.2) is 9.59 Å². The summed E-state index contributed by atoms with van der Waals surface area (Å²) in [5.41, 5.74) is 0.657. The van der Waals surface area contributed by atoms with Crippen LogP contribution in [0.15, 0.2) is 40.7 Å². The van der Waals surface area contributed by atoms with Crippen LogP contribution in [0.2, 0.25) is 0 Å². The molecule has 0 spiro atoms. The van der Waals surface area contributed by atoms with E-state index in [0.717, 1.165) is 0 Å². The third-order valence-corrected chi connectivity index (χ3v) is 5.04. The van der Waals surface area contributed by atoms with Gasteiger partial charge in [-0.3, -0.25) is 9.59 Å². The van der Waals surface area contributed by atoms with Crippen molar-refractivity contribution in [1.82, 2.24) is 5.32 Å². The van der Waals surface area contributed by atoms with Gasteiger partial charge in [-0.2, -0.15) is 0 Å². The Bertz CT molecular complexity index is 999. The quantitative estimate of drug-likeness (QED) is 0.306. The maximum absolute atomic E-state index is 13.2. The first-order valence-electron chi connectivity index (χ1n) is 10.6. The Hall–Kier alpha value is -3.82. The molecule has 1 aliphatic rings. The van der Waals surface area contributed by atoms with Crippen LogP contribution in [0.4, 0.5) is 0 Å². The van der Waals surface area contributed by atoms with E-state index in [9.17, 15) is 19.2 Å². The predicted molar refractivity (Wildman–Crippen MR) is 120 cm³/mol. The third-order valence-electron chi connectivity index (χ3n) is 5.04. The van der Waals surface area contributed by atoms with Crippen molar-refractivity contribution in [2.45, 2.75) is 27.7 Å². The van der Waals surface area contributed by atoms with E-state index in [1.165, 1.54) is 26.4 Å². The van der Waals surface area contributed by atoms with Crippen LogP contribution in [0.25, 0.3) is 0 Å². The van der Waals surface area contributed by atoms with E-state index in [1.807, 2.05) is 0 Å². The number of dihydropyridines is 1. The number of Topliss-reactive ketones (excluding diaryl/α,β-unsaturated/α-hetero) is 1. The van der Waals surface area contributed by atoms with E-state index in [-0.39, 0.29) is 35.7 Å². The standard InChI is InChI=1S/C24H29NO9/c1-7-32-22(27)19-13(3)25-14(4)20(23(28)33-8-2)21(19)24(29)34-12-17(26)16-10-9-15(30-5)11-18(16)31-6/h9-11,21,25H,7-8,12H2,1-6H3. The van der Waals surface area contributed by atoms with Crippen molar-refractivity contribution in [2.24, 2.45) is 5.92 Å². The monoisotopic (exact) mass is 475 g/mol. The number of hydrogen-bond donors (Lipinski definition) is 1. The molecular formula is C24H29NO9. The molecule has 0 unspecified atom stereocenters. The van der Waals surface area contributed by atoms with E-state index in [1.54, 1.807) is 33.8 Å². The number of carbonyl (C=O) groups excluding carboxylic acids is 4. The Balaban J connectivity index is 2.36. The van der Waals surface area contributed by atoms with Gasteiger partial charge in [0.15, 0.2) is 6.61 Å². The Morgan fingerprint density at radius 1 is 0.853 bits per heavy atom. The largest absolute Gasteiger partial charge is 0.497 e. The fourth-order valence-electron chi connectivity index (χ4n) is 3.52. The highest BCUT2D eigenvalue weighted by molar-refractivity contribution is 6.06. The molecule has 0 aliphatic carbocycles. The molecule has 1 aromatic carbocycles. The number of nitrogens with one attached hydrogen (secondary N) is 1. The van der Waals surface area contributed by atoms with E-state index in [2.05, 4.69) is 5.32 Å². The minimum absolute atomic E-state index is 0.0601. The van der Waals surface area contributed by atoms with Gasteiger partial charge in [0.25, 0.3) is 0 Å². The van der Waals surface area contributed by atoms with Gasteiger partial charge in [0.2, 0.25) is 5.78 Å². The number of benzene rings is 1. The zero-order chi connectivity index (χ0) is 25.4. The second-order valence-electron chi connectivity index (χ2n) is 7.17. The first kappa shape index (κ1) is 26.4. The molecule has 184 valence electrons. The second kappa shape index (κ2) is 11.9. The highest BCUT2D eigenvalue weighted by Crippen LogP contribution is 2.33. The SMILES string of the molecule is CCOC(=O)C1=C(C)NC(C)=C(C(=O)OCC)C1C(=O)OCC(=O)c1ccc(OC)cc1OC. The molecule has 1 N–H and O–H groups in total. The average Bonchev–Trinajstić information content (AvgIpc) is 2.81. The zero-order valence-corrected chi connectivity index (χ0v) is 20.1. The predicted octanol–water partition coefficient (Wildman–Crippen LogP) is 2.32. The topological polar surface area (TPSA) is 126 Å². The van der Waals surface area contributed by atoms with Crippen molar-refractivity contribution >= 4 is 23.7 Å². The molecule has 1 heterocycles. The first-order valence-corrected chi connectivity index (χ1v) is 10.6. The summed E-state index contributed by atoms with van der Waals surface area (Å²) in [6, 6.07) is 4.58. The van der Waals surface area contributed by atoms with Crippen molar-refractivity contribution in [1.29, 1.82) is 0 Å². The van der Waals surface area contributed by atoms with E-state index in [0.29, 0.717) is 17.1 Å². The lowest BCUT2D eigenvalue weighted by Crippen LogP contribution is -2.38. The van der Waals surface area contributed by atoms with E-state index >= 15 is 0 Å². The van der Waals surface area contributed by atoms with E-state index in [4.69, 9.17) is 23.7 Å². The molecule has 34 heavy (non-hydrogen) atoms. The highest BCUT2D eigenvalue weighted by Gasteiger charge is 2.42. The van der Waals surface area contributed by atoms with Gasteiger partial charge in [-0.1, -0.05) is 0 Å². The van der Waals surface area contributed by atoms with Crippen LogP contribution < -0.4 is 14.8 Å². The maximum atomic E-state index is 13.2. The van der Waals surface area contributed by atoms with Gasteiger partial charge in [-0.15, -0.1) is 0 Å². The average molecular weight is 475 g/mol. The zero-order valence-electron chi connectivity index (χ0n) is 20.1. The minimum Gasteiger partial charge on any atom is -0.497 e. The molecule has 0 atom stereocenters. The van der Waals surface area contributed by atoms with Crippen LogP contribution in [-0.4, -0.2) is 57.7 Å². The summed E-state index contributed by atoms with van der Waals surface area (Å²) in [7, 11) is 2.87. The van der Waals surface area contributed by atoms with Crippen molar-refractivity contribution in [3.63, 3.8) is 0 Å². The molecule has 0 saturated carbocycles. The lowest BCUT2D eigenvalue weighted by molar-refractivity contribution is -0.151. The molecule has 1 aromatic rings. The van der Waals surface area contributed by atoms with Crippen LogP contribution in [0, 0.1) is 5.92 Å². The molecule has 0 fully saturated rings. The van der Waals surface area contributed by atoms with E-state index < -0.39 is 36.2 Å². The number of ether oxygens (including phenoxy) is 5. The summed E-state index contributed by atoms with van der Waals surface area (Å²) < 4.78 is 25.8. The smallest absolute Gasteiger partial charge is 0.337 e. The van der Waals surface area contributed by atoms with Crippen LogP contribution in [0.3, 0.4) is 0 Å². The lowest BCUT2D eigenvalue weighted by Gasteiger charge is -2.28. The number of carbonyl (C=O) groups is 4. The minimum atomic E-state index is -1.43. The van der Waals surface area contributed by atoms with Gasteiger partial charge in [0, 0.05) is 17.5 Å². The first-order chi connectivity index (χ1) is 16.2. The highest BCUT2D eigenvalue weighted by atomic mass is 16.5. The molecule has 0 saturated heterocycles. The van der Waals surface area contributed by atoms with Crippen LogP contribution in [0.5, 0.6) is 11.5 Å². The van der Waals surface area contributed by atoms with Crippen molar-refractivity contribution < 1.29 is 42.9 Å². The van der Waals surface area contributed by atoms with Crippen molar-refractivity contribution in [2.75, 3.05) is 34.0 Å². The number of esters is 3. The molecule has 10 heteroatoms. The molecule has 0 amide bonds. The van der Waals surface area contributed by atoms with Crippen molar-refractivity contribution in [3.05, 3.63) is 46.3 Å². The Labute approximate surface area is 197 Å². The van der Waals surface area contributed by atoms with Gasteiger partial charge >= 0.3 is 17.9 Å². The second-order valence-corrected chi connectivity index (χ2v) is 7.17. The Morgan fingerprint density at radius 3 is 1.88 bits per heavy atom. The summed E-state index contributed by atoms with van der Waals surface area (Å²) in [4.78, 5) is 51.3. The molecule has 2 rings (SSSR count). The lowest BCUT2D eigenvalue weighted by atomic mass is 9.85. The molecular weight excluding hydrogens is 446 g/mol. The molecule has 0 radical (unpaired) electrons. The van der Waals surface area contributed by atoms with Crippen LogP contribution >= 0.6 is 0 Å². The van der Waals surface area contributed by atoms with Gasteiger partial charge in [0.05, 0.1) is 44.1 Å². The summed E-state index contributed by atoms with van der Waals surface area (Å²) >= 11 is 0. The van der Waals surface area contributed by atoms with Gasteiger partial charge < -0.3 is 29.0 Å². The summed E-state index contributed by atoms with van der Waals surface area (Å²) in [5, 5.41) is 2.91. The number of methoxy groups -OCH3 is 2. The number of hydrogen-bond acceptors (Lipinski definition) is 10. The van der Waals surface area contributed by atoms with Crippen LogP contribution in [-0.2, 0) is 28.6 Å². The fraction of sp³-hybridized carbons (Fsp3) is 0.417. The summed E-state index contributed by atoms with van der Waals surface area (Å²) in [6.45, 7) is 5.86. The summed E-state index contributed by atoms with van der Waals surface area (Å²) in [6.07, 6.45) is 0. The number of ketones is 1. The normalized spacial score (nSPS) is 13.7. The number of rotatable bonds is 10. The fourth-order valence-corrected chi connectivity index (χ4v) is 3.52. The molecule has 10 nitrogen and oxygen atoms in total. The Kier molecular flexibility index (Phi) is 9.23. The molecule has 1 aliphatic heterocycles. The maximum Gasteiger partial charge on any atom is 0.337 e. The van der Waals surface area contributed by atoms with Crippen molar-refractivity contribution in [3.8, 4) is 11.5 Å². The van der Waals surface area contributed by atoms with Crippen LogP contribution in [0.1, 0.15) is 38.1 Å². The Morgan fingerprint density at radius 2 is 1.41 bits per heavy atom. The molecule has 0 bridgehead atoms. The van der Waals surface area contributed by atoms with Gasteiger partial charge in [-0.05, 0) is 39.8 Å². The van der Waals surface area contributed by atoms with Gasteiger partial charge in [0.1, 0.15) is 17.4 Å². The third kappa shape index (κ3) is 5.75. The summed E-state index contributed by atoms with van der Waals surface area (Å²) in [5.74, 6) is -3.78. The molecule has 0 aromatic heterocycles.